The van der Waals surface area contributed by atoms with Gasteiger partial charge in [0, 0.05) is 24.5 Å². The second-order valence-electron chi connectivity index (χ2n) is 8.18. The highest BCUT2D eigenvalue weighted by molar-refractivity contribution is 6.46. The molecule has 1 aliphatic heterocycles. The van der Waals surface area contributed by atoms with Crippen LogP contribution < -0.4 is 9.47 Å². The van der Waals surface area contributed by atoms with E-state index in [1.54, 1.807) is 29.2 Å². The highest BCUT2D eigenvalue weighted by atomic mass is 16.5. The molecule has 0 saturated carbocycles. The summed E-state index contributed by atoms with van der Waals surface area (Å²) in [7, 11) is 0. The first kappa shape index (κ1) is 26.2. The number of carbonyl (C=O) groups excluding carboxylic acids is 2. The first-order valence-corrected chi connectivity index (χ1v) is 12.3. The standard InChI is InChI=1S/C27H35N3O5/c1-5-29(6-2)16-9-17-30-24(20-10-11-21(34-7-3)22(18-20)35-8-4)23(26(32)27(30)33)25(31)19-12-14-28-15-13-19/h10-15,18,24,31H,5-9,16-17H2,1-4H3. The third kappa shape index (κ3) is 5.82. The monoisotopic (exact) mass is 481 g/mol. The molecule has 188 valence electrons. The fraction of sp³-hybridized carbons (Fsp3) is 0.444. The molecule has 0 spiro atoms. The molecule has 0 aliphatic carbocycles. The molecule has 1 aromatic heterocycles. The Bertz CT molecular complexity index is 1050. The minimum absolute atomic E-state index is 0.0654. The van der Waals surface area contributed by atoms with Crippen LogP contribution in [0.2, 0.25) is 0 Å². The van der Waals surface area contributed by atoms with E-state index in [2.05, 4.69) is 23.7 Å². The van der Waals surface area contributed by atoms with Gasteiger partial charge in [-0.2, -0.15) is 0 Å². The first-order chi connectivity index (χ1) is 17.0. The summed E-state index contributed by atoms with van der Waals surface area (Å²) in [6.07, 6.45) is 3.78. The van der Waals surface area contributed by atoms with Gasteiger partial charge in [-0.3, -0.25) is 14.6 Å². The number of amides is 1. The van der Waals surface area contributed by atoms with Gasteiger partial charge in [0.1, 0.15) is 5.76 Å². The second kappa shape index (κ2) is 12.4. The molecule has 1 aliphatic rings. The van der Waals surface area contributed by atoms with Gasteiger partial charge in [-0.25, -0.2) is 0 Å². The Morgan fingerprint density at radius 2 is 1.66 bits per heavy atom. The maximum absolute atomic E-state index is 13.2. The third-order valence-corrected chi connectivity index (χ3v) is 6.14. The zero-order valence-electron chi connectivity index (χ0n) is 21.0. The van der Waals surface area contributed by atoms with E-state index in [-0.39, 0.29) is 11.3 Å². The molecule has 2 heterocycles. The van der Waals surface area contributed by atoms with Crippen LogP contribution in [0.5, 0.6) is 11.5 Å². The average molecular weight is 482 g/mol. The number of carbonyl (C=O) groups is 2. The molecule has 35 heavy (non-hydrogen) atoms. The number of aliphatic hydroxyl groups excluding tert-OH is 1. The molecular formula is C27H35N3O5. The average Bonchev–Trinajstić information content (AvgIpc) is 3.13. The van der Waals surface area contributed by atoms with E-state index in [1.165, 1.54) is 12.4 Å². The first-order valence-electron chi connectivity index (χ1n) is 12.3. The van der Waals surface area contributed by atoms with Gasteiger partial charge in [-0.15, -0.1) is 0 Å². The number of hydrogen-bond donors (Lipinski definition) is 1. The molecule has 1 N–H and O–H groups in total. The Labute approximate surface area is 207 Å². The zero-order valence-corrected chi connectivity index (χ0v) is 21.0. The second-order valence-corrected chi connectivity index (χ2v) is 8.18. The van der Waals surface area contributed by atoms with Crippen LogP contribution in [-0.4, -0.2) is 71.0 Å². The maximum atomic E-state index is 13.2. The molecule has 1 atom stereocenters. The van der Waals surface area contributed by atoms with Crippen molar-refractivity contribution in [1.82, 2.24) is 14.8 Å². The summed E-state index contributed by atoms with van der Waals surface area (Å²) in [6.45, 7) is 11.9. The molecule has 1 unspecified atom stereocenters. The molecule has 3 rings (SSSR count). The molecule has 1 aromatic carbocycles. The fourth-order valence-corrected chi connectivity index (χ4v) is 4.36. The third-order valence-electron chi connectivity index (χ3n) is 6.14. The number of benzene rings is 1. The van der Waals surface area contributed by atoms with E-state index >= 15 is 0 Å². The van der Waals surface area contributed by atoms with Crippen molar-refractivity contribution in [2.24, 2.45) is 0 Å². The highest BCUT2D eigenvalue weighted by Crippen LogP contribution is 2.42. The van der Waals surface area contributed by atoms with E-state index < -0.39 is 17.7 Å². The van der Waals surface area contributed by atoms with Crippen LogP contribution in [0.25, 0.3) is 5.76 Å². The fourth-order valence-electron chi connectivity index (χ4n) is 4.36. The predicted molar refractivity (Wildman–Crippen MR) is 134 cm³/mol. The Balaban J connectivity index is 2.08. The molecule has 2 aromatic rings. The Morgan fingerprint density at radius 3 is 2.29 bits per heavy atom. The zero-order chi connectivity index (χ0) is 25.4. The maximum Gasteiger partial charge on any atom is 0.295 e. The number of pyridine rings is 1. The van der Waals surface area contributed by atoms with Crippen LogP contribution in [0.1, 0.15) is 51.3 Å². The predicted octanol–water partition coefficient (Wildman–Crippen LogP) is 4.03. The molecule has 8 heteroatoms. The largest absolute Gasteiger partial charge is 0.507 e. The number of ketones is 1. The number of aliphatic hydroxyl groups is 1. The van der Waals surface area contributed by atoms with Crippen molar-refractivity contribution < 1.29 is 24.2 Å². The van der Waals surface area contributed by atoms with Crippen molar-refractivity contribution in [3.63, 3.8) is 0 Å². The van der Waals surface area contributed by atoms with Gasteiger partial charge in [0.25, 0.3) is 11.7 Å². The quantitative estimate of drug-likeness (QED) is 0.278. The number of rotatable bonds is 12. The number of nitrogens with zero attached hydrogens (tertiary/aromatic N) is 3. The van der Waals surface area contributed by atoms with Crippen LogP contribution in [0, 0.1) is 0 Å². The van der Waals surface area contributed by atoms with Crippen LogP contribution in [0.4, 0.5) is 0 Å². The summed E-state index contributed by atoms with van der Waals surface area (Å²) in [5.41, 5.74) is 1.17. The molecule has 8 nitrogen and oxygen atoms in total. The summed E-state index contributed by atoms with van der Waals surface area (Å²) in [6, 6.07) is 7.89. The molecule has 0 bridgehead atoms. The normalized spacial score (nSPS) is 17.3. The number of Topliss-reactive ketones (excluding diaryl/α,β-unsaturated/α-hetero) is 1. The van der Waals surface area contributed by atoms with E-state index in [9.17, 15) is 14.7 Å². The van der Waals surface area contributed by atoms with Gasteiger partial charge in [0.05, 0.1) is 24.8 Å². The molecular weight excluding hydrogens is 446 g/mol. The van der Waals surface area contributed by atoms with Crippen LogP contribution in [0.15, 0.2) is 48.3 Å². The van der Waals surface area contributed by atoms with Gasteiger partial charge < -0.3 is 24.4 Å². The lowest BCUT2D eigenvalue weighted by Crippen LogP contribution is -2.33. The summed E-state index contributed by atoms with van der Waals surface area (Å²) in [4.78, 5) is 34.2. The highest BCUT2D eigenvalue weighted by Gasteiger charge is 2.46. The van der Waals surface area contributed by atoms with Crippen molar-refractivity contribution in [3.8, 4) is 11.5 Å². The number of hydrogen-bond acceptors (Lipinski definition) is 7. The molecule has 1 amide bonds. The Hall–Kier alpha value is -3.39. The summed E-state index contributed by atoms with van der Waals surface area (Å²) in [5, 5.41) is 11.1. The SMILES string of the molecule is CCOc1ccc(C2C(=C(O)c3ccncc3)C(=O)C(=O)N2CCCN(CC)CC)cc1OCC. The number of likely N-dealkylation sites (tertiary alicyclic amines) is 1. The summed E-state index contributed by atoms with van der Waals surface area (Å²) in [5.74, 6) is -0.403. The van der Waals surface area contributed by atoms with Gasteiger partial charge in [0.15, 0.2) is 11.5 Å². The Kier molecular flexibility index (Phi) is 9.25. The minimum atomic E-state index is -0.741. The lowest BCUT2D eigenvalue weighted by Gasteiger charge is -2.27. The van der Waals surface area contributed by atoms with Gasteiger partial charge in [-0.1, -0.05) is 19.9 Å². The van der Waals surface area contributed by atoms with Crippen LogP contribution in [0.3, 0.4) is 0 Å². The van der Waals surface area contributed by atoms with Crippen molar-refractivity contribution >= 4 is 17.4 Å². The Morgan fingerprint density at radius 1 is 1.00 bits per heavy atom. The van der Waals surface area contributed by atoms with E-state index in [1.807, 2.05) is 19.9 Å². The topological polar surface area (TPSA) is 92.2 Å². The van der Waals surface area contributed by atoms with Crippen molar-refractivity contribution in [2.75, 3.05) is 39.4 Å². The van der Waals surface area contributed by atoms with Gasteiger partial charge in [0.2, 0.25) is 0 Å². The molecule has 0 radical (unpaired) electrons. The van der Waals surface area contributed by atoms with Crippen LogP contribution >= 0.6 is 0 Å². The van der Waals surface area contributed by atoms with Crippen molar-refractivity contribution in [1.29, 1.82) is 0 Å². The lowest BCUT2D eigenvalue weighted by atomic mass is 9.95. The minimum Gasteiger partial charge on any atom is -0.507 e. The lowest BCUT2D eigenvalue weighted by molar-refractivity contribution is -0.140. The van der Waals surface area contributed by atoms with E-state index in [0.29, 0.717) is 48.8 Å². The van der Waals surface area contributed by atoms with E-state index in [4.69, 9.17) is 9.47 Å². The molecule has 1 saturated heterocycles. The molecule has 1 fully saturated rings. The summed E-state index contributed by atoms with van der Waals surface area (Å²) < 4.78 is 11.5. The van der Waals surface area contributed by atoms with Crippen LogP contribution in [-0.2, 0) is 9.59 Å². The van der Waals surface area contributed by atoms with Gasteiger partial charge >= 0.3 is 0 Å². The number of ether oxygens (including phenoxy) is 2. The van der Waals surface area contributed by atoms with Crippen molar-refractivity contribution in [3.05, 3.63) is 59.4 Å². The van der Waals surface area contributed by atoms with Crippen molar-refractivity contribution in [2.45, 2.75) is 40.2 Å². The smallest absolute Gasteiger partial charge is 0.295 e. The van der Waals surface area contributed by atoms with Gasteiger partial charge in [-0.05, 0) is 69.7 Å². The number of aromatic nitrogens is 1. The summed E-state index contributed by atoms with van der Waals surface area (Å²) >= 11 is 0. The van der Waals surface area contributed by atoms with E-state index in [0.717, 1.165) is 19.6 Å².